The first-order chi connectivity index (χ1) is 14.7. The van der Waals surface area contributed by atoms with Gasteiger partial charge in [0.15, 0.2) is 17.5 Å². The number of nitrogens with zero attached hydrogens (tertiary/aromatic N) is 2. The fourth-order valence-corrected chi connectivity index (χ4v) is 2.76. The Bertz CT molecular complexity index is 924. The van der Waals surface area contributed by atoms with Crippen LogP contribution in [-0.2, 0) is 13.0 Å². The Hall–Kier alpha value is -2.95. The second-order valence-electron chi connectivity index (χ2n) is 6.28. The molecule has 0 saturated carbocycles. The van der Waals surface area contributed by atoms with Gasteiger partial charge in [0.1, 0.15) is 5.76 Å². The Kier molecular flexibility index (Phi) is 9.95. The van der Waals surface area contributed by atoms with Crippen molar-refractivity contribution in [3.05, 3.63) is 66.2 Å². The van der Waals surface area contributed by atoms with E-state index in [0.29, 0.717) is 35.6 Å². The van der Waals surface area contributed by atoms with Gasteiger partial charge in [0.05, 0.1) is 20.5 Å². The van der Waals surface area contributed by atoms with Crippen molar-refractivity contribution in [3.8, 4) is 23.1 Å². The van der Waals surface area contributed by atoms with E-state index >= 15 is 0 Å². The molecular weight excluding hydrogens is 511 g/mol. The van der Waals surface area contributed by atoms with Gasteiger partial charge in [0.2, 0.25) is 11.6 Å². The lowest BCUT2D eigenvalue weighted by Crippen LogP contribution is -2.37. The lowest BCUT2D eigenvalue weighted by molar-refractivity contribution is 0.342. The number of ether oxygens (including phenoxy) is 3. The van der Waals surface area contributed by atoms with Crippen molar-refractivity contribution in [2.24, 2.45) is 4.99 Å². The lowest BCUT2D eigenvalue weighted by atomic mass is 10.3. The summed E-state index contributed by atoms with van der Waals surface area (Å²) in [6.07, 6.45) is 4.21. The van der Waals surface area contributed by atoms with Crippen LogP contribution < -0.4 is 24.8 Å². The monoisotopic (exact) mass is 538 g/mol. The second kappa shape index (κ2) is 12.7. The molecule has 0 fully saturated rings. The van der Waals surface area contributed by atoms with Crippen LogP contribution in [0, 0.1) is 0 Å². The van der Waals surface area contributed by atoms with Crippen LogP contribution in [0.25, 0.3) is 0 Å². The summed E-state index contributed by atoms with van der Waals surface area (Å²) < 4.78 is 21.9. The molecule has 3 aromatic rings. The molecule has 0 spiro atoms. The first kappa shape index (κ1) is 24.3. The smallest absolute Gasteiger partial charge is 0.219 e. The van der Waals surface area contributed by atoms with E-state index in [-0.39, 0.29) is 24.0 Å². The third-order valence-electron chi connectivity index (χ3n) is 4.31. The lowest BCUT2D eigenvalue weighted by Gasteiger charge is -2.14. The molecular formula is C22H27IN4O4. The normalized spacial score (nSPS) is 10.7. The van der Waals surface area contributed by atoms with E-state index in [9.17, 15) is 0 Å². The number of benzene rings is 1. The zero-order valence-corrected chi connectivity index (χ0v) is 20.1. The standard InChI is InChI=1S/C22H26N4O4.HI/c1-23-22(24-12-11-17-6-5-13-29-17)26-15-16-9-10-20(25-14-16)30-21-18(27-2)7-4-8-19(21)28-3;/h4-10,13-14H,11-12,15H2,1-3H3,(H2,23,24,26);1H. The quantitative estimate of drug-likeness (QED) is 0.242. The molecule has 0 atom stereocenters. The van der Waals surface area contributed by atoms with Crippen molar-refractivity contribution in [1.29, 1.82) is 0 Å². The van der Waals surface area contributed by atoms with Gasteiger partial charge in [-0.05, 0) is 29.8 Å². The molecule has 0 aliphatic carbocycles. The molecule has 1 aromatic carbocycles. The zero-order chi connectivity index (χ0) is 21.2. The van der Waals surface area contributed by atoms with E-state index in [1.54, 1.807) is 51.9 Å². The van der Waals surface area contributed by atoms with Crippen molar-refractivity contribution in [2.75, 3.05) is 27.8 Å². The van der Waals surface area contributed by atoms with Crippen molar-refractivity contribution >= 4 is 29.9 Å². The summed E-state index contributed by atoms with van der Waals surface area (Å²) >= 11 is 0. The summed E-state index contributed by atoms with van der Waals surface area (Å²) in [5.74, 6) is 3.73. The highest BCUT2D eigenvalue weighted by Crippen LogP contribution is 2.39. The minimum absolute atomic E-state index is 0. The molecule has 166 valence electrons. The molecule has 9 heteroatoms. The predicted octanol–water partition coefficient (Wildman–Crippen LogP) is 4.01. The first-order valence-electron chi connectivity index (χ1n) is 9.54. The Balaban J connectivity index is 0.00000341. The molecule has 0 aliphatic rings. The highest BCUT2D eigenvalue weighted by Gasteiger charge is 2.13. The number of rotatable bonds is 9. The van der Waals surface area contributed by atoms with E-state index in [0.717, 1.165) is 24.3 Å². The molecule has 8 nitrogen and oxygen atoms in total. The fourth-order valence-electron chi connectivity index (χ4n) is 2.76. The summed E-state index contributed by atoms with van der Waals surface area (Å²) in [5.41, 5.74) is 0.989. The van der Waals surface area contributed by atoms with Crippen LogP contribution in [0.2, 0.25) is 0 Å². The van der Waals surface area contributed by atoms with Crippen LogP contribution in [0.4, 0.5) is 0 Å². The third-order valence-corrected chi connectivity index (χ3v) is 4.31. The molecule has 0 aliphatic heterocycles. The van der Waals surface area contributed by atoms with Crippen molar-refractivity contribution < 1.29 is 18.6 Å². The number of hydrogen-bond acceptors (Lipinski definition) is 6. The van der Waals surface area contributed by atoms with Gasteiger partial charge in [-0.2, -0.15) is 0 Å². The van der Waals surface area contributed by atoms with Gasteiger partial charge in [0, 0.05) is 38.8 Å². The Morgan fingerprint density at radius 1 is 1.03 bits per heavy atom. The van der Waals surface area contributed by atoms with Crippen molar-refractivity contribution in [2.45, 2.75) is 13.0 Å². The van der Waals surface area contributed by atoms with Crippen LogP contribution in [0.15, 0.2) is 64.3 Å². The van der Waals surface area contributed by atoms with Gasteiger partial charge in [-0.15, -0.1) is 24.0 Å². The number of halogens is 1. The van der Waals surface area contributed by atoms with Gasteiger partial charge in [-0.3, -0.25) is 4.99 Å². The number of methoxy groups -OCH3 is 2. The zero-order valence-electron chi connectivity index (χ0n) is 17.8. The molecule has 0 amide bonds. The average Bonchev–Trinajstić information content (AvgIpc) is 3.30. The van der Waals surface area contributed by atoms with Crippen LogP contribution >= 0.6 is 24.0 Å². The van der Waals surface area contributed by atoms with Gasteiger partial charge >= 0.3 is 0 Å². The van der Waals surface area contributed by atoms with E-state index in [1.165, 1.54) is 0 Å². The van der Waals surface area contributed by atoms with Crippen molar-refractivity contribution in [1.82, 2.24) is 15.6 Å². The summed E-state index contributed by atoms with van der Waals surface area (Å²) in [7, 11) is 4.90. The average molecular weight is 538 g/mol. The van der Waals surface area contributed by atoms with Crippen LogP contribution in [0.5, 0.6) is 23.1 Å². The number of guanidine groups is 1. The minimum atomic E-state index is 0. The summed E-state index contributed by atoms with van der Waals surface area (Å²) in [6, 6.07) is 13.0. The highest BCUT2D eigenvalue weighted by atomic mass is 127. The third kappa shape index (κ3) is 7.06. The molecule has 0 unspecified atom stereocenters. The number of para-hydroxylation sites is 1. The number of aliphatic imine (C=N–C) groups is 1. The molecule has 2 aromatic heterocycles. The van der Waals surface area contributed by atoms with Gasteiger partial charge in [-0.1, -0.05) is 12.1 Å². The van der Waals surface area contributed by atoms with Crippen LogP contribution in [0.3, 0.4) is 0 Å². The SMILES string of the molecule is CN=C(NCCc1ccco1)NCc1ccc(Oc2c(OC)cccc2OC)nc1.I. The summed E-state index contributed by atoms with van der Waals surface area (Å²) in [5, 5.41) is 6.51. The number of furan rings is 1. The minimum Gasteiger partial charge on any atom is -0.493 e. The summed E-state index contributed by atoms with van der Waals surface area (Å²) in [4.78, 5) is 8.60. The molecule has 0 saturated heterocycles. The van der Waals surface area contributed by atoms with Crippen LogP contribution in [0.1, 0.15) is 11.3 Å². The molecule has 0 radical (unpaired) electrons. The maximum absolute atomic E-state index is 5.89. The maximum atomic E-state index is 5.89. The number of aromatic nitrogens is 1. The number of hydrogen-bond donors (Lipinski definition) is 2. The van der Waals surface area contributed by atoms with E-state index in [1.807, 2.05) is 24.3 Å². The molecule has 3 rings (SSSR count). The Morgan fingerprint density at radius 3 is 2.39 bits per heavy atom. The Morgan fingerprint density at radius 2 is 1.81 bits per heavy atom. The maximum Gasteiger partial charge on any atom is 0.219 e. The van der Waals surface area contributed by atoms with Crippen LogP contribution in [-0.4, -0.2) is 38.8 Å². The molecule has 0 bridgehead atoms. The topological polar surface area (TPSA) is 90.1 Å². The molecule has 2 heterocycles. The Labute approximate surface area is 199 Å². The fraction of sp³-hybridized carbons (Fsp3) is 0.273. The van der Waals surface area contributed by atoms with E-state index < -0.39 is 0 Å². The molecule has 2 N–H and O–H groups in total. The van der Waals surface area contributed by atoms with E-state index in [4.69, 9.17) is 18.6 Å². The number of nitrogens with one attached hydrogen (secondary N) is 2. The number of pyridine rings is 1. The highest BCUT2D eigenvalue weighted by molar-refractivity contribution is 14.0. The summed E-state index contributed by atoms with van der Waals surface area (Å²) in [6.45, 7) is 1.30. The van der Waals surface area contributed by atoms with Crippen molar-refractivity contribution in [3.63, 3.8) is 0 Å². The predicted molar refractivity (Wildman–Crippen MR) is 130 cm³/mol. The molecule has 31 heavy (non-hydrogen) atoms. The van der Waals surface area contributed by atoms with E-state index in [2.05, 4.69) is 20.6 Å². The second-order valence-corrected chi connectivity index (χ2v) is 6.28. The van der Waals surface area contributed by atoms with Gasteiger partial charge < -0.3 is 29.3 Å². The van der Waals surface area contributed by atoms with Gasteiger partial charge in [-0.25, -0.2) is 4.98 Å². The van der Waals surface area contributed by atoms with Gasteiger partial charge in [0.25, 0.3) is 0 Å². The largest absolute Gasteiger partial charge is 0.493 e. The first-order valence-corrected chi connectivity index (χ1v) is 9.54.